The summed E-state index contributed by atoms with van der Waals surface area (Å²) >= 11 is 0. The van der Waals surface area contributed by atoms with E-state index in [1.165, 1.54) is 13.2 Å². The Balaban J connectivity index is 2.77. The standard InChI is InChI=1S/C7H8O3/c1-5(8)7(9)6-3-2-4-10-6/h2-4,7,9H,1H3. The van der Waals surface area contributed by atoms with Gasteiger partial charge in [0.15, 0.2) is 11.9 Å². The topological polar surface area (TPSA) is 50.4 Å². The van der Waals surface area contributed by atoms with Crippen LogP contribution in [0.3, 0.4) is 0 Å². The van der Waals surface area contributed by atoms with Gasteiger partial charge in [-0.05, 0) is 19.1 Å². The van der Waals surface area contributed by atoms with Crippen molar-refractivity contribution in [2.24, 2.45) is 0 Å². The lowest BCUT2D eigenvalue weighted by Crippen LogP contribution is -2.05. The molecule has 0 saturated carbocycles. The Labute approximate surface area is 58.3 Å². The first-order chi connectivity index (χ1) is 4.72. The first-order valence-electron chi connectivity index (χ1n) is 2.93. The fourth-order valence-electron chi connectivity index (χ4n) is 0.647. The highest BCUT2D eigenvalue weighted by Gasteiger charge is 2.14. The zero-order chi connectivity index (χ0) is 7.56. The minimum absolute atomic E-state index is 0.299. The minimum atomic E-state index is -1.10. The number of rotatable bonds is 2. The van der Waals surface area contributed by atoms with Gasteiger partial charge in [0.25, 0.3) is 0 Å². The number of furan rings is 1. The highest BCUT2D eigenvalue weighted by molar-refractivity contribution is 5.80. The first kappa shape index (κ1) is 7.02. The maximum atomic E-state index is 10.5. The van der Waals surface area contributed by atoms with Gasteiger partial charge < -0.3 is 9.52 Å². The second-order valence-electron chi connectivity index (χ2n) is 2.03. The summed E-state index contributed by atoms with van der Waals surface area (Å²) in [6, 6.07) is 3.19. The van der Waals surface area contributed by atoms with Crippen LogP contribution in [0.25, 0.3) is 0 Å². The van der Waals surface area contributed by atoms with Gasteiger partial charge in [-0.2, -0.15) is 0 Å². The van der Waals surface area contributed by atoms with E-state index >= 15 is 0 Å². The summed E-state index contributed by atoms with van der Waals surface area (Å²) in [5.74, 6) is -0.0116. The van der Waals surface area contributed by atoms with Gasteiger partial charge in [0.05, 0.1) is 6.26 Å². The number of aliphatic hydroxyl groups excluding tert-OH is 1. The van der Waals surface area contributed by atoms with Crippen molar-refractivity contribution in [3.63, 3.8) is 0 Å². The van der Waals surface area contributed by atoms with E-state index in [1.54, 1.807) is 12.1 Å². The smallest absolute Gasteiger partial charge is 0.169 e. The van der Waals surface area contributed by atoms with E-state index in [9.17, 15) is 4.79 Å². The lowest BCUT2D eigenvalue weighted by Gasteiger charge is -1.99. The molecule has 54 valence electrons. The second-order valence-corrected chi connectivity index (χ2v) is 2.03. The molecule has 0 aromatic carbocycles. The summed E-state index contributed by atoms with van der Waals surface area (Å²) in [5.41, 5.74) is 0. The van der Waals surface area contributed by atoms with Crippen molar-refractivity contribution in [2.75, 3.05) is 0 Å². The van der Waals surface area contributed by atoms with Gasteiger partial charge in [0.1, 0.15) is 5.76 Å². The molecular weight excluding hydrogens is 132 g/mol. The van der Waals surface area contributed by atoms with Crippen LogP contribution in [-0.2, 0) is 4.79 Å². The van der Waals surface area contributed by atoms with Crippen LogP contribution in [0.5, 0.6) is 0 Å². The maximum absolute atomic E-state index is 10.5. The number of aliphatic hydroxyl groups is 1. The molecule has 0 fully saturated rings. The third kappa shape index (κ3) is 1.25. The SMILES string of the molecule is CC(=O)C(O)c1ccco1. The number of carbonyl (C=O) groups is 1. The molecule has 0 saturated heterocycles. The number of ketones is 1. The van der Waals surface area contributed by atoms with Gasteiger partial charge in [-0.3, -0.25) is 4.79 Å². The molecule has 1 heterocycles. The number of hydrogen-bond donors (Lipinski definition) is 1. The zero-order valence-electron chi connectivity index (χ0n) is 5.57. The van der Waals surface area contributed by atoms with Crippen LogP contribution in [0.15, 0.2) is 22.8 Å². The number of carbonyl (C=O) groups excluding carboxylic acids is 1. The molecule has 0 aliphatic heterocycles. The third-order valence-corrected chi connectivity index (χ3v) is 1.20. The van der Waals surface area contributed by atoms with E-state index in [0.29, 0.717) is 5.76 Å². The minimum Gasteiger partial charge on any atom is -0.466 e. The second kappa shape index (κ2) is 2.66. The van der Waals surface area contributed by atoms with Gasteiger partial charge in [0, 0.05) is 0 Å². The molecule has 1 aromatic heterocycles. The van der Waals surface area contributed by atoms with Crippen molar-refractivity contribution in [2.45, 2.75) is 13.0 Å². The predicted molar refractivity (Wildman–Crippen MR) is 34.3 cm³/mol. The van der Waals surface area contributed by atoms with E-state index in [4.69, 9.17) is 9.52 Å². The quantitative estimate of drug-likeness (QED) is 0.664. The summed E-state index contributed by atoms with van der Waals surface area (Å²) in [7, 11) is 0. The van der Waals surface area contributed by atoms with Crippen LogP contribution in [-0.4, -0.2) is 10.9 Å². The zero-order valence-corrected chi connectivity index (χ0v) is 5.57. The molecule has 0 bridgehead atoms. The monoisotopic (exact) mass is 140 g/mol. The lowest BCUT2D eigenvalue weighted by atomic mass is 10.2. The van der Waals surface area contributed by atoms with Crippen LogP contribution >= 0.6 is 0 Å². The van der Waals surface area contributed by atoms with Gasteiger partial charge in [0.2, 0.25) is 0 Å². The molecular formula is C7H8O3. The Kier molecular flexibility index (Phi) is 1.87. The molecule has 3 nitrogen and oxygen atoms in total. The Morgan fingerprint density at radius 1 is 1.80 bits per heavy atom. The Hall–Kier alpha value is -1.09. The van der Waals surface area contributed by atoms with E-state index < -0.39 is 6.10 Å². The summed E-state index contributed by atoms with van der Waals surface area (Å²) in [5, 5.41) is 9.04. The summed E-state index contributed by atoms with van der Waals surface area (Å²) < 4.78 is 4.79. The molecule has 0 spiro atoms. The largest absolute Gasteiger partial charge is 0.466 e. The van der Waals surface area contributed by atoms with Crippen molar-refractivity contribution in [1.29, 1.82) is 0 Å². The molecule has 1 rings (SSSR count). The summed E-state index contributed by atoms with van der Waals surface area (Å²) in [6.45, 7) is 1.31. The molecule has 1 atom stereocenters. The average molecular weight is 140 g/mol. The fourth-order valence-corrected chi connectivity index (χ4v) is 0.647. The normalized spacial score (nSPS) is 13.0. The molecule has 3 heteroatoms. The van der Waals surface area contributed by atoms with E-state index in [-0.39, 0.29) is 5.78 Å². The van der Waals surface area contributed by atoms with Crippen molar-refractivity contribution >= 4 is 5.78 Å². The van der Waals surface area contributed by atoms with Crippen LogP contribution in [0.1, 0.15) is 18.8 Å². The molecule has 0 amide bonds. The van der Waals surface area contributed by atoms with Gasteiger partial charge in [-0.25, -0.2) is 0 Å². The highest BCUT2D eigenvalue weighted by Crippen LogP contribution is 2.12. The molecule has 1 N–H and O–H groups in total. The molecule has 0 aliphatic carbocycles. The number of Topliss-reactive ketones (excluding diaryl/α,β-unsaturated/α-hetero) is 1. The van der Waals surface area contributed by atoms with Crippen LogP contribution in [0, 0.1) is 0 Å². The first-order valence-corrected chi connectivity index (χ1v) is 2.93. The van der Waals surface area contributed by atoms with E-state index in [0.717, 1.165) is 0 Å². The fraction of sp³-hybridized carbons (Fsp3) is 0.286. The molecule has 0 aliphatic rings. The van der Waals surface area contributed by atoms with Crippen LogP contribution in [0.2, 0.25) is 0 Å². The molecule has 1 aromatic rings. The van der Waals surface area contributed by atoms with Crippen molar-refractivity contribution in [1.82, 2.24) is 0 Å². The molecule has 0 radical (unpaired) electrons. The highest BCUT2D eigenvalue weighted by atomic mass is 16.4. The summed E-state index contributed by atoms with van der Waals surface area (Å²) in [4.78, 5) is 10.5. The van der Waals surface area contributed by atoms with Gasteiger partial charge in [-0.1, -0.05) is 0 Å². The Morgan fingerprint density at radius 3 is 2.90 bits per heavy atom. The van der Waals surface area contributed by atoms with E-state index in [2.05, 4.69) is 0 Å². The van der Waals surface area contributed by atoms with Crippen molar-refractivity contribution in [3.05, 3.63) is 24.2 Å². The third-order valence-electron chi connectivity index (χ3n) is 1.20. The predicted octanol–water partition coefficient (Wildman–Crippen LogP) is 0.902. The van der Waals surface area contributed by atoms with Crippen molar-refractivity contribution < 1.29 is 14.3 Å². The lowest BCUT2D eigenvalue weighted by molar-refractivity contribution is -0.125. The molecule has 1 unspecified atom stereocenters. The number of hydrogen-bond acceptors (Lipinski definition) is 3. The van der Waals surface area contributed by atoms with Gasteiger partial charge >= 0.3 is 0 Å². The van der Waals surface area contributed by atoms with Crippen LogP contribution < -0.4 is 0 Å². The summed E-state index contributed by atoms with van der Waals surface area (Å²) in [6.07, 6.45) is 0.316. The van der Waals surface area contributed by atoms with Crippen molar-refractivity contribution in [3.8, 4) is 0 Å². The maximum Gasteiger partial charge on any atom is 0.169 e. The average Bonchev–Trinajstić information content (AvgIpc) is 2.36. The molecule has 10 heavy (non-hydrogen) atoms. The van der Waals surface area contributed by atoms with E-state index in [1.807, 2.05) is 0 Å². The van der Waals surface area contributed by atoms with Gasteiger partial charge in [-0.15, -0.1) is 0 Å². The van der Waals surface area contributed by atoms with Crippen LogP contribution in [0.4, 0.5) is 0 Å². The Morgan fingerprint density at radius 2 is 2.50 bits per heavy atom. The Bertz CT molecular complexity index is 213.